The third-order valence-electron chi connectivity index (χ3n) is 3.65. The number of aliphatic carboxylic acids is 1. The Morgan fingerprint density at radius 2 is 2.00 bits per heavy atom. The van der Waals surface area contributed by atoms with Crippen LogP contribution in [-0.4, -0.2) is 46.5 Å². The third-order valence-corrected chi connectivity index (χ3v) is 3.65. The van der Waals surface area contributed by atoms with Gasteiger partial charge in [-0.05, 0) is 32.1 Å². The van der Waals surface area contributed by atoms with Gasteiger partial charge in [-0.3, -0.25) is 4.79 Å². The summed E-state index contributed by atoms with van der Waals surface area (Å²) in [6, 6.07) is -1.38. The summed E-state index contributed by atoms with van der Waals surface area (Å²) < 4.78 is 0. The molecule has 1 heterocycles. The van der Waals surface area contributed by atoms with Crippen LogP contribution in [0.15, 0.2) is 0 Å². The van der Waals surface area contributed by atoms with Crippen molar-refractivity contribution in [3.63, 3.8) is 0 Å². The molecule has 2 unspecified atom stereocenters. The molecule has 0 aromatic carbocycles. The number of amides is 3. The quantitative estimate of drug-likeness (QED) is 0.684. The molecule has 0 bridgehead atoms. The molecular formula is C13H23N3O4. The van der Waals surface area contributed by atoms with E-state index in [0.29, 0.717) is 12.5 Å². The van der Waals surface area contributed by atoms with E-state index in [1.54, 1.807) is 4.90 Å². The first-order chi connectivity index (χ1) is 9.31. The van der Waals surface area contributed by atoms with Crippen molar-refractivity contribution in [1.29, 1.82) is 0 Å². The van der Waals surface area contributed by atoms with E-state index in [1.165, 1.54) is 0 Å². The highest BCUT2D eigenvalue weighted by molar-refractivity contribution is 5.83. The number of urea groups is 1. The largest absolute Gasteiger partial charge is 0.480 e. The lowest BCUT2D eigenvalue weighted by Crippen LogP contribution is -2.53. The summed E-state index contributed by atoms with van der Waals surface area (Å²) in [5.41, 5.74) is 5.00. The summed E-state index contributed by atoms with van der Waals surface area (Å²) in [5.74, 6) is -1.33. The minimum absolute atomic E-state index is 0.00812. The lowest BCUT2D eigenvalue weighted by molar-refractivity contribution is -0.139. The van der Waals surface area contributed by atoms with E-state index in [-0.39, 0.29) is 24.9 Å². The van der Waals surface area contributed by atoms with E-state index in [2.05, 4.69) is 12.2 Å². The average Bonchev–Trinajstić information content (AvgIpc) is 2.36. The van der Waals surface area contributed by atoms with Crippen LogP contribution >= 0.6 is 0 Å². The summed E-state index contributed by atoms with van der Waals surface area (Å²) >= 11 is 0. The number of hydrogen-bond acceptors (Lipinski definition) is 3. The first-order valence-electron chi connectivity index (χ1n) is 6.89. The van der Waals surface area contributed by atoms with Crippen molar-refractivity contribution in [1.82, 2.24) is 10.2 Å². The molecule has 0 aromatic heterocycles. The van der Waals surface area contributed by atoms with E-state index < -0.39 is 17.9 Å². The van der Waals surface area contributed by atoms with Crippen molar-refractivity contribution >= 4 is 17.9 Å². The fourth-order valence-electron chi connectivity index (χ4n) is 2.35. The fourth-order valence-corrected chi connectivity index (χ4v) is 2.35. The fraction of sp³-hybridized carbons (Fsp3) is 0.769. The summed E-state index contributed by atoms with van der Waals surface area (Å²) in [6.45, 7) is 4.63. The molecule has 1 saturated heterocycles. The molecule has 20 heavy (non-hydrogen) atoms. The molecule has 114 valence electrons. The monoisotopic (exact) mass is 285 g/mol. The van der Waals surface area contributed by atoms with Gasteiger partial charge in [0.1, 0.15) is 6.04 Å². The number of primary amides is 1. The molecule has 0 saturated carbocycles. The summed E-state index contributed by atoms with van der Waals surface area (Å²) in [6.07, 6.45) is 1.92. The number of hydrogen-bond donors (Lipinski definition) is 3. The maximum Gasteiger partial charge on any atom is 0.326 e. The van der Waals surface area contributed by atoms with Crippen molar-refractivity contribution < 1.29 is 19.5 Å². The highest BCUT2D eigenvalue weighted by atomic mass is 16.4. The van der Waals surface area contributed by atoms with E-state index >= 15 is 0 Å². The molecule has 7 nitrogen and oxygen atoms in total. The number of rotatable bonds is 5. The van der Waals surface area contributed by atoms with Gasteiger partial charge in [-0.15, -0.1) is 0 Å². The predicted molar refractivity (Wildman–Crippen MR) is 72.9 cm³/mol. The molecule has 0 spiro atoms. The van der Waals surface area contributed by atoms with Gasteiger partial charge in [-0.2, -0.15) is 0 Å². The zero-order valence-electron chi connectivity index (χ0n) is 12.0. The summed E-state index contributed by atoms with van der Waals surface area (Å²) in [7, 11) is 0. The van der Waals surface area contributed by atoms with E-state index in [9.17, 15) is 14.4 Å². The number of nitrogens with one attached hydrogen (secondary N) is 1. The second kappa shape index (κ2) is 7.12. The first-order valence-corrected chi connectivity index (χ1v) is 6.89. The number of nitrogens with two attached hydrogens (primary N) is 1. The van der Waals surface area contributed by atoms with Crippen molar-refractivity contribution in [2.75, 3.05) is 6.54 Å². The lowest BCUT2D eigenvalue weighted by atomic mass is 9.95. The van der Waals surface area contributed by atoms with Crippen molar-refractivity contribution in [3.8, 4) is 0 Å². The van der Waals surface area contributed by atoms with Crippen molar-refractivity contribution in [2.45, 2.75) is 51.6 Å². The Bertz CT molecular complexity index is 386. The van der Waals surface area contributed by atoms with E-state index in [1.807, 2.05) is 6.92 Å². The average molecular weight is 285 g/mol. The van der Waals surface area contributed by atoms with Crippen LogP contribution in [0.5, 0.6) is 0 Å². The number of piperidine rings is 1. The standard InChI is InChI=1S/C13H23N3O4/c1-8-3-4-9(2)16(7-8)13(20)15-10(12(18)19)5-6-11(14)17/h8-10H,3-7H2,1-2H3,(H2,14,17)(H,15,20)(H,18,19)/t8?,9?,10-/m1/s1. The minimum atomic E-state index is -1.16. The van der Waals surface area contributed by atoms with Gasteiger partial charge >= 0.3 is 12.0 Å². The van der Waals surface area contributed by atoms with Gasteiger partial charge in [-0.1, -0.05) is 6.92 Å². The summed E-state index contributed by atoms with van der Waals surface area (Å²) in [5, 5.41) is 11.5. The SMILES string of the molecule is CC1CCC(C)N(C(=O)N[C@H](CCC(N)=O)C(=O)O)C1. The molecule has 0 radical (unpaired) electrons. The number of nitrogens with zero attached hydrogens (tertiary/aromatic N) is 1. The van der Waals surface area contributed by atoms with Gasteiger partial charge in [0.2, 0.25) is 5.91 Å². The lowest BCUT2D eigenvalue weighted by Gasteiger charge is -2.37. The van der Waals surface area contributed by atoms with Crippen LogP contribution < -0.4 is 11.1 Å². The predicted octanol–water partition coefficient (Wildman–Crippen LogP) is 0.535. The molecule has 3 atom stereocenters. The first kappa shape index (κ1) is 16.3. The minimum Gasteiger partial charge on any atom is -0.480 e. The number of likely N-dealkylation sites (tertiary alicyclic amines) is 1. The molecule has 4 N–H and O–H groups in total. The van der Waals surface area contributed by atoms with E-state index in [0.717, 1.165) is 12.8 Å². The third kappa shape index (κ3) is 4.71. The molecule has 7 heteroatoms. The summed E-state index contributed by atoms with van der Waals surface area (Å²) in [4.78, 5) is 35.6. The smallest absolute Gasteiger partial charge is 0.326 e. The Hall–Kier alpha value is -1.79. The second-order valence-electron chi connectivity index (χ2n) is 5.53. The molecule has 1 fully saturated rings. The normalized spacial score (nSPS) is 24.0. The topological polar surface area (TPSA) is 113 Å². The van der Waals surface area contributed by atoms with Gasteiger partial charge < -0.3 is 21.1 Å². The Kier molecular flexibility index (Phi) is 5.79. The van der Waals surface area contributed by atoms with Gasteiger partial charge in [0.05, 0.1) is 0 Å². The van der Waals surface area contributed by atoms with Gasteiger partial charge in [0, 0.05) is 19.0 Å². The van der Waals surface area contributed by atoms with Crippen LogP contribution in [0.1, 0.15) is 39.5 Å². The van der Waals surface area contributed by atoms with Crippen molar-refractivity contribution in [3.05, 3.63) is 0 Å². The highest BCUT2D eigenvalue weighted by Crippen LogP contribution is 2.21. The Labute approximate surface area is 118 Å². The Balaban J connectivity index is 2.60. The van der Waals surface area contributed by atoms with Crippen LogP contribution in [0.2, 0.25) is 0 Å². The maximum absolute atomic E-state index is 12.1. The molecule has 1 aliphatic rings. The van der Waals surface area contributed by atoms with Gasteiger partial charge in [0.15, 0.2) is 0 Å². The molecule has 1 aliphatic heterocycles. The van der Waals surface area contributed by atoms with Crippen LogP contribution in [0, 0.1) is 5.92 Å². The van der Waals surface area contributed by atoms with Crippen LogP contribution in [-0.2, 0) is 9.59 Å². The molecule has 3 amide bonds. The van der Waals surface area contributed by atoms with Crippen LogP contribution in [0.4, 0.5) is 4.79 Å². The highest BCUT2D eigenvalue weighted by Gasteiger charge is 2.29. The maximum atomic E-state index is 12.1. The van der Waals surface area contributed by atoms with E-state index in [4.69, 9.17) is 10.8 Å². The molecule has 1 rings (SSSR count). The second-order valence-corrected chi connectivity index (χ2v) is 5.53. The number of carbonyl (C=O) groups is 3. The molecule has 0 aliphatic carbocycles. The van der Waals surface area contributed by atoms with Crippen molar-refractivity contribution in [2.24, 2.45) is 11.7 Å². The van der Waals surface area contributed by atoms with Crippen LogP contribution in [0.25, 0.3) is 0 Å². The molecule has 0 aromatic rings. The zero-order valence-corrected chi connectivity index (χ0v) is 12.0. The van der Waals surface area contributed by atoms with Crippen LogP contribution in [0.3, 0.4) is 0 Å². The van der Waals surface area contributed by atoms with Gasteiger partial charge in [0.25, 0.3) is 0 Å². The molecular weight excluding hydrogens is 262 g/mol. The number of carboxylic acid groups (broad SMARTS) is 1. The number of carbonyl (C=O) groups excluding carboxylic acids is 2. The number of carboxylic acids is 1. The Morgan fingerprint density at radius 1 is 1.35 bits per heavy atom. The van der Waals surface area contributed by atoms with Gasteiger partial charge in [-0.25, -0.2) is 9.59 Å². The zero-order chi connectivity index (χ0) is 15.3. The Morgan fingerprint density at radius 3 is 2.55 bits per heavy atom.